The van der Waals surface area contributed by atoms with Crippen molar-refractivity contribution in [1.82, 2.24) is 4.90 Å². The van der Waals surface area contributed by atoms with Gasteiger partial charge in [0.1, 0.15) is 5.75 Å². The summed E-state index contributed by atoms with van der Waals surface area (Å²) in [6.07, 6.45) is 4.77. The van der Waals surface area contributed by atoms with E-state index in [9.17, 15) is 4.79 Å². The summed E-state index contributed by atoms with van der Waals surface area (Å²) in [6.45, 7) is 0.535. The number of anilines is 1. The van der Waals surface area contributed by atoms with E-state index in [4.69, 9.17) is 16.3 Å². The van der Waals surface area contributed by atoms with E-state index in [-0.39, 0.29) is 11.6 Å². The van der Waals surface area contributed by atoms with Gasteiger partial charge in [-0.3, -0.25) is 4.90 Å². The minimum Gasteiger partial charge on any atom is -0.497 e. The number of nitrogens with zero attached hydrogens (tertiary/aromatic N) is 2. The molecule has 4 nitrogen and oxygen atoms in total. The molecule has 2 aromatic carbocycles. The molecule has 5 heteroatoms. The van der Waals surface area contributed by atoms with Crippen LogP contribution in [-0.4, -0.2) is 25.1 Å². The summed E-state index contributed by atoms with van der Waals surface area (Å²) < 4.78 is 5.26. The molecular weight excluding hydrogens is 372 g/mol. The molecule has 2 amide bonds. The van der Waals surface area contributed by atoms with E-state index in [0.717, 1.165) is 22.0 Å². The summed E-state index contributed by atoms with van der Waals surface area (Å²) in [6, 6.07) is 14.1. The lowest BCUT2D eigenvalue weighted by molar-refractivity contribution is 0.0899. The molecule has 28 heavy (non-hydrogen) atoms. The lowest BCUT2D eigenvalue weighted by Gasteiger charge is -2.51. The summed E-state index contributed by atoms with van der Waals surface area (Å²) in [5.74, 6) is 1.92. The Labute approximate surface area is 171 Å². The molecule has 146 valence electrons. The largest absolute Gasteiger partial charge is 0.497 e. The van der Waals surface area contributed by atoms with Crippen LogP contribution in [0.15, 0.2) is 42.5 Å². The normalized spacial score (nSPS) is 20.9. The van der Waals surface area contributed by atoms with Gasteiger partial charge in [0, 0.05) is 17.6 Å². The van der Waals surface area contributed by atoms with E-state index in [1.807, 2.05) is 53.2 Å². The zero-order valence-electron chi connectivity index (χ0n) is 16.3. The first-order valence-corrected chi connectivity index (χ1v) is 10.4. The maximum Gasteiger partial charge on any atom is 0.325 e. The minimum absolute atomic E-state index is 0.0874. The topological polar surface area (TPSA) is 32.8 Å². The van der Waals surface area contributed by atoms with Crippen LogP contribution in [0.5, 0.6) is 5.75 Å². The van der Waals surface area contributed by atoms with Crippen LogP contribution in [0.2, 0.25) is 5.02 Å². The van der Waals surface area contributed by atoms with Gasteiger partial charge in [-0.15, -0.1) is 0 Å². The first-order chi connectivity index (χ1) is 13.6. The third kappa shape index (κ3) is 2.61. The van der Waals surface area contributed by atoms with E-state index in [1.54, 1.807) is 7.11 Å². The van der Waals surface area contributed by atoms with Gasteiger partial charge in [-0.25, -0.2) is 4.79 Å². The fraction of sp³-hybridized carbons (Fsp3) is 0.435. The first-order valence-electron chi connectivity index (χ1n) is 10.0. The number of carbonyl (C=O) groups excluding carboxylic acids is 1. The number of amides is 2. The zero-order chi connectivity index (χ0) is 19.5. The highest BCUT2D eigenvalue weighted by molar-refractivity contribution is 6.30. The van der Waals surface area contributed by atoms with Crippen molar-refractivity contribution in [3.8, 4) is 5.75 Å². The van der Waals surface area contributed by atoms with Crippen molar-refractivity contribution in [2.75, 3.05) is 19.1 Å². The minimum atomic E-state index is -0.187. The zero-order valence-corrected chi connectivity index (χ0v) is 17.1. The Balaban J connectivity index is 1.60. The van der Waals surface area contributed by atoms with E-state index >= 15 is 0 Å². The van der Waals surface area contributed by atoms with Gasteiger partial charge in [0.2, 0.25) is 0 Å². The van der Waals surface area contributed by atoms with Crippen molar-refractivity contribution in [1.29, 1.82) is 0 Å². The van der Waals surface area contributed by atoms with Crippen molar-refractivity contribution in [3.63, 3.8) is 0 Å². The molecule has 1 aliphatic heterocycles. The van der Waals surface area contributed by atoms with Gasteiger partial charge in [-0.1, -0.05) is 23.7 Å². The number of ether oxygens (including phenoxy) is 1. The van der Waals surface area contributed by atoms with Crippen molar-refractivity contribution in [2.24, 2.45) is 11.8 Å². The van der Waals surface area contributed by atoms with Crippen LogP contribution in [0.1, 0.15) is 36.8 Å². The summed E-state index contributed by atoms with van der Waals surface area (Å²) in [4.78, 5) is 17.5. The Hall–Kier alpha value is -2.20. The van der Waals surface area contributed by atoms with Crippen LogP contribution >= 0.6 is 11.6 Å². The van der Waals surface area contributed by atoms with Crippen molar-refractivity contribution in [2.45, 2.75) is 37.8 Å². The number of methoxy groups -OCH3 is 1. The molecule has 0 unspecified atom stereocenters. The van der Waals surface area contributed by atoms with Crippen LogP contribution in [0, 0.1) is 11.8 Å². The molecule has 0 saturated heterocycles. The summed E-state index contributed by atoms with van der Waals surface area (Å²) in [5.41, 5.74) is 3.14. The number of halogens is 1. The summed E-state index contributed by atoms with van der Waals surface area (Å²) in [5, 5.41) is 0.747. The molecule has 0 aromatic heterocycles. The van der Waals surface area contributed by atoms with Crippen molar-refractivity contribution in [3.05, 3.63) is 58.6 Å². The van der Waals surface area contributed by atoms with Gasteiger partial charge in [-0.05, 0) is 73.4 Å². The van der Waals surface area contributed by atoms with E-state index < -0.39 is 0 Å². The number of urea groups is 1. The predicted molar refractivity (Wildman–Crippen MR) is 111 cm³/mol. The fourth-order valence-corrected chi connectivity index (χ4v) is 5.29. The van der Waals surface area contributed by atoms with E-state index in [0.29, 0.717) is 18.4 Å². The smallest absolute Gasteiger partial charge is 0.325 e. The maximum atomic E-state index is 13.6. The Bertz CT molecular complexity index is 907. The number of benzene rings is 2. The van der Waals surface area contributed by atoms with Gasteiger partial charge in [0.15, 0.2) is 0 Å². The number of carbonyl (C=O) groups is 1. The highest BCUT2D eigenvalue weighted by Gasteiger charge is 2.62. The summed E-state index contributed by atoms with van der Waals surface area (Å²) in [7, 11) is 3.65. The van der Waals surface area contributed by atoms with Crippen LogP contribution in [0.25, 0.3) is 0 Å². The molecule has 2 saturated carbocycles. The second-order valence-electron chi connectivity index (χ2n) is 8.31. The number of fused-ring (bicyclic) bond motifs is 1. The molecule has 0 spiro atoms. The highest BCUT2D eigenvalue weighted by atomic mass is 35.5. The lowest BCUT2D eigenvalue weighted by atomic mass is 9.76. The van der Waals surface area contributed by atoms with Crippen LogP contribution < -0.4 is 9.64 Å². The standard InChI is InChI=1S/C23H25ClN2O2/c1-25-22(27)26(14-15-3-10-19(28-2)11-4-15)21-12-9-18(24)13-20(21)23(25,16-5-6-16)17-7-8-17/h3-4,9-13,16-17H,5-8,14H2,1-2H3. The van der Waals surface area contributed by atoms with Crippen molar-refractivity contribution < 1.29 is 9.53 Å². The van der Waals surface area contributed by atoms with E-state index in [1.165, 1.54) is 31.2 Å². The third-order valence-electron chi connectivity index (χ3n) is 6.65. The van der Waals surface area contributed by atoms with Gasteiger partial charge in [-0.2, -0.15) is 0 Å². The quantitative estimate of drug-likeness (QED) is 0.674. The average molecular weight is 397 g/mol. The fourth-order valence-electron chi connectivity index (χ4n) is 5.12. The van der Waals surface area contributed by atoms with Crippen LogP contribution in [-0.2, 0) is 12.1 Å². The SMILES string of the molecule is COc1ccc(CN2C(=O)N(C)C(C3CC3)(C3CC3)c3cc(Cl)ccc32)cc1. The molecule has 0 N–H and O–H groups in total. The summed E-state index contributed by atoms with van der Waals surface area (Å²) >= 11 is 6.44. The molecule has 2 aromatic rings. The Morgan fingerprint density at radius 3 is 2.29 bits per heavy atom. The molecular formula is C23H25ClN2O2. The molecule has 0 atom stereocenters. The molecule has 0 bridgehead atoms. The molecule has 1 heterocycles. The first kappa shape index (κ1) is 17.9. The monoisotopic (exact) mass is 396 g/mol. The number of rotatable bonds is 5. The Kier molecular flexibility index (Phi) is 4.09. The predicted octanol–water partition coefficient (Wildman–Crippen LogP) is 5.44. The average Bonchev–Trinajstić information content (AvgIpc) is 3.60. The van der Waals surface area contributed by atoms with E-state index in [2.05, 4.69) is 6.07 Å². The molecule has 3 aliphatic rings. The number of hydrogen-bond donors (Lipinski definition) is 0. The van der Waals surface area contributed by atoms with Gasteiger partial charge in [0.25, 0.3) is 0 Å². The molecule has 2 fully saturated rings. The van der Waals surface area contributed by atoms with Gasteiger partial charge >= 0.3 is 6.03 Å². The maximum absolute atomic E-state index is 13.6. The van der Waals surface area contributed by atoms with Crippen LogP contribution in [0.4, 0.5) is 10.5 Å². The Morgan fingerprint density at radius 2 is 1.71 bits per heavy atom. The van der Waals surface area contributed by atoms with Gasteiger partial charge in [0.05, 0.1) is 24.9 Å². The Morgan fingerprint density at radius 1 is 1.07 bits per heavy atom. The highest BCUT2D eigenvalue weighted by Crippen LogP contribution is 2.63. The van der Waals surface area contributed by atoms with Gasteiger partial charge < -0.3 is 9.64 Å². The third-order valence-corrected chi connectivity index (χ3v) is 6.89. The molecule has 0 radical (unpaired) electrons. The molecule has 5 rings (SSSR count). The lowest BCUT2D eigenvalue weighted by Crippen LogP contribution is -2.59. The van der Waals surface area contributed by atoms with Crippen LogP contribution in [0.3, 0.4) is 0 Å². The number of hydrogen-bond acceptors (Lipinski definition) is 2. The second kappa shape index (κ2) is 6.41. The second-order valence-corrected chi connectivity index (χ2v) is 8.75. The van der Waals surface area contributed by atoms with Crippen molar-refractivity contribution >= 4 is 23.3 Å². The molecule has 2 aliphatic carbocycles.